The van der Waals surface area contributed by atoms with Gasteiger partial charge in [0.1, 0.15) is 0 Å². The average molecular weight is 192 g/mol. The van der Waals surface area contributed by atoms with E-state index in [1.807, 2.05) is 6.92 Å². The van der Waals surface area contributed by atoms with Gasteiger partial charge in [0, 0.05) is 0 Å². The topological polar surface area (TPSA) is 37.3 Å². The molecule has 0 amide bonds. The smallest absolute Gasteiger partial charge is 0.155 e. The van der Waals surface area contributed by atoms with E-state index < -0.39 is 11.1 Å². The van der Waals surface area contributed by atoms with Crippen molar-refractivity contribution in [3.8, 4) is 0 Å². The number of unbranched alkanes of at least 4 members (excludes halogenated alkanes) is 1. The maximum atomic E-state index is 10.8. The quantitative estimate of drug-likeness (QED) is 0.657. The highest BCUT2D eigenvalue weighted by Crippen LogP contribution is 2.19. The Morgan fingerprint density at radius 1 is 1.42 bits per heavy atom. The van der Waals surface area contributed by atoms with Gasteiger partial charge in [0.05, 0.1) is 5.25 Å². The molecule has 3 atom stereocenters. The highest BCUT2D eigenvalue weighted by atomic mass is 32.2. The third-order valence-electron chi connectivity index (χ3n) is 2.43. The van der Waals surface area contributed by atoms with Gasteiger partial charge in [-0.3, -0.25) is 0 Å². The molecule has 1 N–H and O–H groups in total. The van der Waals surface area contributed by atoms with Gasteiger partial charge in [-0.1, -0.05) is 33.1 Å². The number of rotatable bonds is 6. The minimum absolute atomic E-state index is 0.0680. The van der Waals surface area contributed by atoms with Gasteiger partial charge >= 0.3 is 0 Å². The second-order valence-corrected chi connectivity index (χ2v) is 4.59. The molecule has 3 unspecified atom stereocenters. The van der Waals surface area contributed by atoms with Crippen molar-refractivity contribution < 1.29 is 8.76 Å². The molecule has 0 bridgehead atoms. The highest BCUT2D eigenvalue weighted by Gasteiger charge is 2.19. The van der Waals surface area contributed by atoms with Crippen LogP contribution in [0.3, 0.4) is 0 Å². The minimum Gasteiger partial charge on any atom is -0.306 e. The Balaban J connectivity index is 3.87. The first-order valence-electron chi connectivity index (χ1n) is 4.73. The zero-order valence-corrected chi connectivity index (χ0v) is 9.06. The van der Waals surface area contributed by atoms with E-state index in [0.717, 1.165) is 12.8 Å². The summed E-state index contributed by atoms with van der Waals surface area (Å²) in [6.45, 7) is 6.09. The van der Waals surface area contributed by atoms with Gasteiger partial charge in [-0.25, -0.2) is 4.21 Å². The van der Waals surface area contributed by atoms with Crippen molar-refractivity contribution in [3.05, 3.63) is 0 Å². The Morgan fingerprint density at radius 3 is 2.33 bits per heavy atom. The molecule has 0 fully saturated rings. The summed E-state index contributed by atoms with van der Waals surface area (Å²) in [6, 6.07) is 0. The normalized spacial score (nSPS) is 18.7. The van der Waals surface area contributed by atoms with Crippen LogP contribution in [-0.2, 0) is 11.1 Å². The average Bonchev–Trinajstić information content (AvgIpc) is 2.05. The largest absolute Gasteiger partial charge is 0.306 e. The molecule has 0 aromatic carbocycles. The van der Waals surface area contributed by atoms with Crippen LogP contribution in [0.2, 0.25) is 0 Å². The summed E-state index contributed by atoms with van der Waals surface area (Å²) in [7, 11) is 0. The van der Waals surface area contributed by atoms with Crippen LogP contribution >= 0.6 is 0 Å². The summed E-state index contributed by atoms with van der Waals surface area (Å²) in [6.07, 6.45) is 4.43. The predicted octanol–water partition coefficient (Wildman–Crippen LogP) is 2.81. The summed E-state index contributed by atoms with van der Waals surface area (Å²) in [5, 5.41) is -0.0680. The molecule has 12 heavy (non-hydrogen) atoms. The molecule has 0 heterocycles. The first-order chi connectivity index (χ1) is 5.63. The molecule has 0 aromatic heterocycles. The van der Waals surface area contributed by atoms with Gasteiger partial charge in [0.15, 0.2) is 11.1 Å². The van der Waals surface area contributed by atoms with Crippen LogP contribution in [0, 0.1) is 5.92 Å². The van der Waals surface area contributed by atoms with E-state index >= 15 is 0 Å². The fourth-order valence-corrected chi connectivity index (χ4v) is 2.06. The molecule has 0 radical (unpaired) electrons. The molecule has 0 saturated carbocycles. The summed E-state index contributed by atoms with van der Waals surface area (Å²) in [5.41, 5.74) is 0. The summed E-state index contributed by atoms with van der Waals surface area (Å²) >= 11 is -1.64. The Bertz CT molecular complexity index is 136. The third-order valence-corrected chi connectivity index (χ3v) is 3.46. The van der Waals surface area contributed by atoms with Crippen LogP contribution in [0.5, 0.6) is 0 Å². The van der Waals surface area contributed by atoms with Gasteiger partial charge < -0.3 is 4.55 Å². The monoisotopic (exact) mass is 192 g/mol. The van der Waals surface area contributed by atoms with Crippen molar-refractivity contribution in [2.75, 3.05) is 0 Å². The molecule has 0 spiro atoms. The standard InChI is InChI=1S/C9H20O2S/c1-4-6-7-9(5-2)8(3)12(10)11/h8-9H,4-7H2,1-3H3,(H,10,11). The van der Waals surface area contributed by atoms with Crippen molar-refractivity contribution in [1.82, 2.24) is 0 Å². The van der Waals surface area contributed by atoms with Crippen LogP contribution in [0.15, 0.2) is 0 Å². The molecule has 0 aromatic rings. The van der Waals surface area contributed by atoms with Crippen LogP contribution in [0.1, 0.15) is 46.5 Å². The number of hydrogen-bond acceptors (Lipinski definition) is 1. The Labute approximate surface area is 78.0 Å². The number of hydrogen-bond donors (Lipinski definition) is 1. The van der Waals surface area contributed by atoms with Crippen LogP contribution in [-0.4, -0.2) is 14.0 Å². The van der Waals surface area contributed by atoms with Gasteiger partial charge in [-0.05, 0) is 19.3 Å². The van der Waals surface area contributed by atoms with E-state index in [-0.39, 0.29) is 5.25 Å². The lowest BCUT2D eigenvalue weighted by atomic mass is 9.96. The van der Waals surface area contributed by atoms with E-state index in [2.05, 4.69) is 13.8 Å². The molecule has 0 aliphatic carbocycles. The minimum atomic E-state index is -1.64. The fourth-order valence-electron chi connectivity index (χ4n) is 1.40. The summed E-state index contributed by atoms with van der Waals surface area (Å²) in [4.78, 5) is 0. The zero-order chi connectivity index (χ0) is 9.56. The van der Waals surface area contributed by atoms with Crippen molar-refractivity contribution in [1.29, 1.82) is 0 Å². The third kappa shape index (κ3) is 4.21. The van der Waals surface area contributed by atoms with Crippen LogP contribution in [0.25, 0.3) is 0 Å². The lowest BCUT2D eigenvalue weighted by Crippen LogP contribution is -2.21. The zero-order valence-electron chi connectivity index (χ0n) is 8.25. The highest BCUT2D eigenvalue weighted by molar-refractivity contribution is 7.79. The van der Waals surface area contributed by atoms with Gasteiger partial charge in [-0.15, -0.1) is 0 Å². The van der Waals surface area contributed by atoms with Gasteiger partial charge in [0.25, 0.3) is 0 Å². The first-order valence-corrected chi connectivity index (χ1v) is 5.90. The first kappa shape index (κ1) is 12.1. The molecule has 0 rings (SSSR count). The van der Waals surface area contributed by atoms with Crippen LogP contribution in [0.4, 0.5) is 0 Å². The maximum absolute atomic E-state index is 10.8. The molecular weight excluding hydrogens is 172 g/mol. The van der Waals surface area contributed by atoms with E-state index in [4.69, 9.17) is 4.55 Å². The van der Waals surface area contributed by atoms with E-state index in [0.29, 0.717) is 5.92 Å². The Hall–Kier alpha value is 0.110. The van der Waals surface area contributed by atoms with Crippen molar-refractivity contribution in [3.63, 3.8) is 0 Å². The van der Waals surface area contributed by atoms with Crippen molar-refractivity contribution in [2.24, 2.45) is 5.92 Å². The summed E-state index contributed by atoms with van der Waals surface area (Å²) in [5.74, 6) is 0.413. The lowest BCUT2D eigenvalue weighted by molar-refractivity contribution is 0.424. The van der Waals surface area contributed by atoms with Crippen LogP contribution < -0.4 is 0 Å². The van der Waals surface area contributed by atoms with Crippen molar-refractivity contribution in [2.45, 2.75) is 51.7 Å². The SMILES string of the molecule is CCCCC(CC)C(C)S(=O)O. The van der Waals surface area contributed by atoms with E-state index in [1.165, 1.54) is 12.8 Å². The maximum Gasteiger partial charge on any atom is 0.155 e. The van der Waals surface area contributed by atoms with Gasteiger partial charge in [0.2, 0.25) is 0 Å². The molecule has 0 saturated heterocycles. The predicted molar refractivity (Wildman–Crippen MR) is 53.5 cm³/mol. The molecule has 0 aliphatic rings. The van der Waals surface area contributed by atoms with Crippen molar-refractivity contribution >= 4 is 11.1 Å². The molecular formula is C9H20O2S. The van der Waals surface area contributed by atoms with Gasteiger partial charge in [-0.2, -0.15) is 0 Å². The fraction of sp³-hybridized carbons (Fsp3) is 1.00. The molecule has 2 nitrogen and oxygen atoms in total. The second-order valence-electron chi connectivity index (χ2n) is 3.29. The Kier molecular flexibility index (Phi) is 6.67. The Morgan fingerprint density at radius 2 is 2.00 bits per heavy atom. The van der Waals surface area contributed by atoms with E-state index in [9.17, 15) is 4.21 Å². The molecule has 0 aliphatic heterocycles. The molecule has 74 valence electrons. The lowest BCUT2D eigenvalue weighted by Gasteiger charge is -2.18. The van der Waals surface area contributed by atoms with E-state index in [1.54, 1.807) is 0 Å². The molecule has 3 heteroatoms. The second kappa shape index (κ2) is 6.61. The summed E-state index contributed by atoms with van der Waals surface area (Å²) < 4.78 is 19.7.